The molecule has 0 saturated heterocycles. The molecule has 0 aliphatic rings. The van der Waals surface area contributed by atoms with Crippen molar-refractivity contribution in [2.75, 3.05) is 23.7 Å². The smallest absolute Gasteiger partial charge is 0.184 e. The van der Waals surface area contributed by atoms with Crippen LogP contribution < -0.4 is 10.6 Å². The molecule has 0 bridgehead atoms. The van der Waals surface area contributed by atoms with Crippen LogP contribution in [-0.4, -0.2) is 38.1 Å². The largest absolute Gasteiger partial charge is 0.393 e. The number of nitrogens with two attached hydrogens (primary N) is 1. The average Bonchev–Trinajstić information content (AvgIpc) is 3.06. The van der Waals surface area contributed by atoms with Crippen molar-refractivity contribution in [2.45, 2.75) is 12.8 Å². The Morgan fingerprint density at radius 1 is 1.08 bits per heavy atom. The lowest BCUT2D eigenvalue weighted by Gasteiger charge is -2.23. The summed E-state index contributed by atoms with van der Waals surface area (Å²) < 4.78 is 1.56. The van der Waals surface area contributed by atoms with Gasteiger partial charge >= 0.3 is 0 Å². The Hall–Kier alpha value is -3.72. The molecule has 0 fully saturated rings. The Morgan fingerprint density at radius 2 is 1.80 bits per heavy atom. The fourth-order valence-corrected chi connectivity index (χ4v) is 2.52. The number of rotatable bonds is 6. The van der Waals surface area contributed by atoms with Crippen molar-refractivity contribution >= 4 is 22.5 Å². The summed E-state index contributed by atoms with van der Waals surface area (Å²) in [5.74, 6) is 0.896. The molecule has 9 heteroatoms. The van der Waals surface area contributed by atoms with Gasteiger partial charge in [-0.05, 0) is 12.1 Å². The number of hydrogen-bond acceptors (Lipinski definition) is 8. The predicted molar refractivity (Wildman–Crippen MR) is 91.5 cm³/mol. The Balaban J connectivity index is 2.04. The molecule has 1 aromatic carbocycles. The zero-order chi connectivity index (χ0) is 17.6. The van der Waals surface area contributed by atoms with Gasteiger partial charge in [-0.3, -0.25) is 0 Å². The monoisotopic (exact) mass is 333 g/mol. The van der Waals surface area contributed by atoms with Crippen LogP contribution in [0.2, 0.25) is 0 Å². The quantitative estimate of drug-likeness (QED) is 0.716. The van der Waals surface area contributed by atoms with Crippen LogP contribution in [0.4, 0.5) is 11.5 Å². The number of nitriles is 2. The summed E-state index contributed by atoms with van der Waals surface area (Å²) in [4.78, 5) is 10.3. The van der Waals surface area contributed by atoms with Crippen molar-refractivity contribution in [3.63, 3.8) is 0 Å². The van der Waals surface area contributed by atoms with Gasteiger partial charge < -0.3 is 10.6 Å². The number of para-hydroxylation sites is 1. The average molecular weight is 333 g/mol. The lowest BCUT2D eigenvalue weighted by Crippen LogP contribution is -2.28. The molecule has 9 nitrogen and oxygen atoms in total. The number of fused-ring (bicyclic) bond motifs is 1. The summed E-state index contributed by atoms with van der Waals surface area (Å²) in [5.41, 5.74) is 8.12. The Kier molecular flexibility index (Phi) is 4.67. The first-order chi connectivity index (χ1) is 12.3. The van der Waals surface area contributed by atoms with E-state index < -0.39 is 0 Å². The van der Waals surface area contributed by atoms with Crippen LogP contribution in [0.25, 0.3) is 16.9 Å². The van der Waals surface area contributed by atoms with Crippen molar-refractivity contribution in [1.29, 1.82) is 10.5 Å². The van der Waals surface area contributed by atoms with Crippen molar-refractivity contribution in [2.24, 2.45) is 0 Å². The van der Waals surface area contributed by atoms with Gasteiger partial charge in [-0.1, -0.05) is 17.3 Å². The summed E-state index contributed by atoms with van der Waals surface area (Å²) in [7, 11) is 0. The molecule has 0 spiro atoms. The van der Waals surface area contributed by atoms with E-state index in [0.717, 1.165) is 11.0 Å². The minimum absolute atomic E-state index is 0.302. The molecule has 3 rings (SSSR count). The maximum Gasteiger partial charge on any atom is 0.184 e. The normalized spacial score (nSPS) is 10.3. The molecule has 3 aromatic rings. The van der Waals surface area contributed by atoms with Crippen molar-refractivity contribution in [3.8, 4) is 18.0 Å². The summed E-state index contributed by atoms with van der Waals surface area (Å²) >= 11 is 0. The van der Waals surface area contributed by atoms with E-state index in [0.29, 0.717) is 43.3 Å². The first-order valence-corrected chi connectivity index (χ1v) is 7.66. The molecule has 0 radical (unpaired) electrons. The van der Waals surface area contributed by atoms with Gasteiger partial charge in [0.1, 0.15) is 17.5 Å². The van der Waals surface area contributed by atoms with Crippen LogP contribution in [0, 0.1) is 22.7 Å². The van der Waals surface area contributed by atoms with Gasteiger partial charge in [0.2, 0.25) is 0 Å². The van der Waals surface area contributed by atoms with Crippen LogP contribution >= 0.6 is 0 Å². The number of hydrogen-bond donors (Lipinski definition) is 1. The van der Waals surface area contributed by atoms with E-state index in [9.17, 15) is 0 Å². The van der Waals surface area contributed by atoms with E-state index in [1.807, 2.05) is 29.2 Å². The number of anilines is 2. The van der Waals surface area contributed by atoms with Gasteiger partial charge in [0, 0.05) is 13.1 Å². The lowest BCUT2D eigenvalue weighted by atomic mass is 10.3. The standard InChI is InChI=1S/C16H15N9/c17-7-3-9-24(10-4-8-18)15-14(19)16(21-11-20-15)25-13-6-2-1-5-12(13)22-23-25/h1-2,5-6,11H,3-4,9-10,19H2. The second-order valence-corrected chi connectivity index (χ2v) is 5.23. The molecule has 124 valence electrons. The summed E-state index contributed by atoms with van der Waals surface area (Å²) in [6.45, 7) is 0.855. The van der Waals surface area contributed by atoms with Crippen molar-refractivity contribution in [1.82, 2.24) is 25.0 Å². The maximum atomic E-state index is 8.85. The highest BCUT2D eigenvalue weighted by molar-refractivity contribution is 5.79. The van der Waals surface area contributed by atoms with E-state index in [1.165, 1.54) is 6.33 Å². The summed E-state index contributed by atoms with van der Waals surface area (Å²) in [6, 6.07) is 11.7. The summed E-state index contributed by atoms with van der Waals surface area (Å²) in [6.07, 6.45) is 2.00. The van der Waals surface area contributed by atoms with Gasteiger partial charge in [0.25, 0.3) is 0 Å². The van der Waals surface area contributed by atoms with Gasteiger partial charge in [0.05, 0.1) is 30.5 Å². The second-order valence-electron chi connectivity index (χ2n) is 5.23. The third kappa shape index (κ3) is 3.16. The second kappa shape index (κ2) is 7.23. The third-order valence-electron chi connectivity index (χ3n) is 3.68. The van der Waals surface area contributed by atoms with E-state index in [1.54, 1.807) is 4.68 Å². The highest BCUT2D eigenvalue weighted by Crippen LogP contribution is 2.27. The van der Waals surface area contributed by atoms with Gasteiger partial charge in [-0.15, -0.1) is 5.10 Å². The number of nitrogen functional groups attached to an aromatic ring is 1. The molecule has 0 unspecified atom stereocenters. The van der Waals surface area contributed by atoms with Crippen LogP contribution in [-0.2, 0) is 0 Å². The number of aromatic nitrogens is 5. The van der Waals surface area contributed by atoms with E-state index in [-0.39, 0.29) is 0 Å². The molecule has 25 heavy (non-hydrogen) atoms. The predicted octanol–water partition coefficient (Wildman–Crippen LogP) is 1.43. The Bertz CT molecular complexity index is 946. The molecule has 2 aromatic heterocycles. The third-order valence-corrected chi connectivity index (χ3v) is 3.68. The molecule has 0 aliphatic carbocycles. The highest BCUT2D eigenvalue weighted by Gasteiger charge is 2.18. The highest BCUT2D eigenvalue weighted by atomic mass is 15.4. The van der Waals surface area contributed by atoms with Crippen molar-refractivity contribution < 1.29 is 0 Å². The zero-order valence-electron chi connectivity index (χ0n) is 13.4. The van der Waals surface area contributed by atoms with Gasteiger partial charge in [-0.2, -0.15) is 15.2 Å². The molecule has 0 aliphatic heterocycles. The van der Waals surface area contributed by atoms with E-state index >= 15 is 0 Å². The topological polar surface area (TPSA) is 133 Å². The minimum Gasteiger partial charge on any atom is -0.393 e. The first kappa shape index (κ1) is 16.1. The van der Waals surface area contributed by atoms with E-state index in [2.05, 4.69) is 32.4 Å². The summed E-state index contributed by atoms with van der Waals surface area (Å²) in [5, 5.41) is 25.9. The molecular formula is C16H15N9. The number of benzene rings is 1. The fraction of sp³-hybridized carbons (Fsp3) is 0.250. The number of nitrogens with zero attached hydrogens (tertiary/aromatic N) is 8. The lowest BCUT2D eigenvalue weighted by molar-refractivity contribution is 0.768. The van der Waals surface area contributed by atoms with Crippen LogP contribution in [0.5, 0.6) is 0 Å². The van der Waals surface area contributed by atoms with Gasteiger partial charge in [0.15, 0.2) is 11.6 Å². The van der Waals surface area contributed by atoms with Gasteiger partial charge in [-0.25, -0.2) is 9.97 Å². The molecule has 2 heterocycles. The molecule has 0 amide bonds. The maximum absolute atomic E-state index is 8.85. The van der Waals surface area contributed by atoms with Crippen LogP contribution in [0.1, 0.15) is 12.8 Å². The first-order valence-electron chi connectivity index (χ1n) is 7.66. The molecule has 0 saturated carbocycles. The van der Waals surface area contributed by atoms with Crippen LogP contribution in [0.3, 0.4) is 0 Å². The van der Waals surface area contributed by atoms with E-state index in [4.69, 9.17) is 16.3 Å². The SMILES string of the molecule is N#CCCN(CCC#N)c1ncnc(-n2nnc3ccccc32)c1N. The fourth-order valence-electron chi connectivity index (χ4n) is 2.52. The minimum atomic E-state index is 0.302. The molecule has 0 atom stereocenters. The van der Waals surface area contributed by atoms with Crippen LogP contribution in [0.15, 0.2) is 30.6 Å². The zero-order valence-corrected chi connectivity index (χ0v) is 13.4. The van der Waals surface area contributed by atoms with Crippen molar-refractivity contribution in [3.05, 3.63) is 30.6 Å². The molecular weight excluding hydrogens is 318 g/mol. The Labute approximate surface area is 143 Å². The molecule has 2 N–H and O–H groups in total. The Morgan fingerprint density at radius 3 is 2.52 bits per heavy atom.